The number of likely N-dealkylation sites (tertiary alicyclic amines) is 1. The molecule has 0 radical (unpaired) electrons. The molecule has 130 valence electrons. The van der Waals surface area contributed by atoms with E-state index in [-0.39, 0.29) is 23.1 Å². The van der Waals surface area contributed by atoms with Crippen molar-refractivity contribution in [2.24, 2.45) is 17.3 Å². The van der Waals surface area contributed by atoms with Gasteiger partial charge in [-0.15, -0.1) is 0 Å². The first-order valence-electron chi connectivity index (χ1n) is 8.85. The number of carbonyl (C=O) groups excluding carboxylic acids is 2. The standard InChI is InChI=1S/C18H24N2O4/c21-16(19-9-13-1-2-13)15-10-20(17(22)14-3-6-24-11-14)12-18(15)4-7-23-8-5-18/h3,6,11,13,15H,1-2,4-5,7-10,12H2,(H,19,21)/t15-/m0/s1. The van der Waals surface area contributed by atoms with Crippen LogP contribution in [0.3, 0.4) is 0 Å². The van der Waals surface area contributed by atoms with Crippen LogP contribution in [0.2, 0.25) is 0 Å². The summed E-state index contributed by atoms with van der Waals surface area (Å²) >= 11 is 0. The van der Waals surface area contributed by atoms with Gasteiger partial charge in [0.15, 0.2) is 0 Å². The Balaban J connectivity index is 1.50. The quantitative estimate of drug-likeness (QED) is 0.910. The second kappa shape index (κ2) is 6.24. The van der Waals surface area contributed by atoms with Gasteiger partial charge >= 0.3 is 0 Å². The van der Waals surface area contributed by atoms with E-state index in [1.807, 2.05) is 4.90 Å². The predicted octanol–water partition coefficient (Wildman–Crippen LogP) is 1.67. The topological polar surface area (TPSA) is 71.8 Å². The van der Waals surface area contributed by atoms with Gasteiger partial charge in [-0.1, -0.05) is 0 Å². The number of furan rings is 1. The second-order valence-electron chi connectivity index (χ2n) is 7.41. The number of hydrogen-bond acceptors (Lipinski definition) is 4. The Morgan fingerprint density at radius 1 is 1.29 bits per heavy atom. The molecule has 3 aliphatic rings. The summed E-state index contributed by atoms with van der Waals surface area (Å²) in [6.07, 6.45) is 7.09. The number of nitrogens with one attached hydrogen (secondary N) is 1. The van der Waals surface area contributed by atoms with Crippen LogP contribution in [0, 0.1) is 17.3 Å². The lowest BCUT2D eigenvalue weighted by atomic mass is 9.71. The zero-order valence-corrected chi connectivity index (χ0v) is 13.8. The molecule has 4 rings (SSSR count). The summed E-state index contributed by atoms with van der Waals surface area (Å²) in [5, 5.41) is 3.12. The second-order valence-corrected chi connectivity index (χ2v) is 7.41. The van der Waals surface area contributed by atoms with Crippen molar-refractivity contribution in [2.75, 3.05) is 32.8 Å². The molecule has 2 aliphatic heterocycles. The third-order valence-electron chi connectivity index (χ3n) is 5.77. The fraction of sp³-hybridized carbons (Fsp3) is 0.667. The summed E-state index contributed by atoms with van der Waals surface area (Å²) in [5.74, 6) is 0.569. The van der Waals surface area contributed by atoms with Crippen LogP contribution in [0.5, 0.6) is 0 Å². The summed E-state index contributed by atoms with van der Waals surface area (Å²) in [5.41, 5.74) is 0.405. The molecule has 1 saturated carbocycles. The van der Waals surface area contributed by atoms with Crippen LogP contribution in [-0.4, -0.2) is 49.6 Å². The van der Waals surface area contributed by atoms with Gasteiger partial charge in [-0.05, 0) is 37.7 Å². The minimum Gasteiger partial charge on any atom is -0.472 e. The first-order valence-corrected chi connectivity index (χ1v) is 8.85. The van der Waals surface area contributed by atoms with Gasteiger partial charge in [0.05, 0.1) is 17.7 Å². The molecular weight excluding hydrogens is 308 g/mol. The minimum absolute atomic E-state index is 0.0490. The summed E-state index contributed by atoms with van der Waals surface area (Å²) in [6, 6.07) is 1.68. The van der Waals surface area contributed by atoms with E-state index in [9.17, 15) is 9.59 Å². The molecule has 1 aromatic rings. The molecule has 3 heterocycles. The van der Waals surface area contributed by atoms with Crippen LogP contribution in [0.1, 0.15) is 36.0 Å². The summed E-state index contributed by atoms with van der Waals surface area (Å²) in [7, 11) is 0. The highest BCUT2D eigenvalue weighted by atomic mass is 16.5. The molecule has 6 heteroatoms. The van der Waals surface area contributed by atoms with Crippen molar-refractivity contribution in [3.05, 3.63) is 24.2 Å². The van der Waals surface area contributed by atoms with E-state index in [1.165, 1.54) is 25.4 Å². The van der Waals surface area contributed by atoms with E-state index in [1.54, 1.807) is 6.07 Å². The fourth-order valence-corrected chi connectivity index (χ4v) is 4.03. The smallest absolute Gasteiger partial charge is 0.257 e. The van der Waals surface area contributed by atoms with Gasteiger partial charge in [0.25, 0.3) is 5.91 Å². The molecule has 0 unspecified atom stereocenters. The average molecular weight is 332 g/mol. The zero-order chi connectivity index (χ0) is 16.6. The van der Waals surface area contributed by atoms with Gasteiger partial charge in [0.2, 0.25) is 5.91 Å². The SMILES string of the molecule is O=C(NCC1CC1)[C@@H]1CN(C(=O)c2ccoc2)CC12CCOCC2. The fourth-order valence-electron chi connectivity index (χ4n) is 4.03. The highest BCUT2D eigenvalue weighted by molar-refractivity contribution is 5.94. The maximum atomic E-state index is 12.8. The van der Waals surface area contributed by atoms with Crippen LogP contribution < -0.4 is 5.32 Å². The highest BCUT2D eigenvalue weighted by Crippen LogP contribution is 2.45. The van der Waals surface area contributed by atoms with Gasteiger partial charge in [-0.25, -0.2) is 0 Å². The number of rotatable bonds is 4. The molecule has 3 fully saturated rings. The molecule has 1 aromatic heterocycles. The lowest BCUT2D eigenvalue weighted by Gasteiger charge is -2.37. The number of ether oxygens (including phenoxy) is 1. The lowest BCUT2D eigenvalue weighted by molar-refractivity contribution is -0.129. The van der Waals surface area contributed by atoms with Crippen molar-refractivity contribution in [3.8, 4) is 0 Å². The third kappa shape index (κ3) is 2.95. The summed E-state index contributed by atoms with van der Waals surface area (Å²) < 4.78 is 10.5. The number of nitrogens with zero attached hydrogens (tertiary/aromatic N) is 1. The van der Waals surface area contributed by atoms with Crippen LogP contribution >= 0.6 is 0 Å². The normalized spacial score (nSPS) is 25.8. The first-order chi connectivity index (χ1) is 11.7. The van der Waals surface area contributed by atoms with Crippen molar-refractivity contribution < 1.29 is 18.7 Å². The van der Waals surface area contributed by atoms with E-state index in [0.717, 1.165) is 19.4 Å². The number of amides is 2. The molecule has 24 heavy (non-hydrogen) atoms. The molecule has 1 spiro atoms. The molecule has 1 aliphatic carbocycles. The molecule has 0 bridgehead atoms. The van der Waals surface area contributed by atoms with E-state index in [4.69, 9.17) is 9.15 Å². The van der Waals surface area contributed by atoms with E-state index < -0.39 is 0 Å². The van der Waals surface area contributed by atoms with Crippen molar-refractivity contribution in [3.63, 3.8) is 0 Å². The van der Waals surface area contributed by atoms with Crippen LogP contribution in [0.4, 0.5) is 0 Å². The van der Waals surface area contributed by atoms with Crippen LogP contribution in [-0.2, 0) is 9.53 Å². The number of carbonyl (C=O) groups is 2. The average Bonchev–Trinajstić information content (AvgIpc) is 3.13. The Labute approximate surface area is 141 Å². The Hall–Kier alpha value is -1.82. The maximum Gasteiger partial charge on any atom is 0.257 e. The zero-order valence-electron chi connectivity index (χ0n) is 13.8. The van der Waals surface area contributed by atoms with E-state index in [2.05, 4.69) is 5.32 Å². The van der Waals surface area contributed by atoms with Crippen molar-refractivity contribution >= 4 is 11.8 Å². The van der Waals surface area contributed by atoms with Crippen molar-refractivity contribution in [1.29, 1.82) is 0 Å². The molecule has 0 aromatic carbocycles. The van der Waals surface area contributed by atoms with Gasteiger partial charge in [-0.2, -0.15) is 0 Å². The van der Waals surface area contributed by atoms with E-state index in [0.29, 0.717) is 37.8 Å². The Morgan fingerprint density at radius 3 is 2.75 bits per heavy atom. The Bertz CT molecular complexity index is 603. The molecule has 2 saturated heterocycles. The monoisotopic (exact) mass is 332 g/mol. The first kappa shape index (κ1) is 15.7. The van der Waals surface area contributed by atoms with Crippen LogP contribution in [0.15, 0.2) is 23.0 Å². The van der Waals surface area contributed by atoms with Gasteiger partial charge < -0.3 is 19.4 Å². The lowest BCUT2D eigenvalue weighted by Crippen LogP contribution is -2.44. The predicted molar refractivity (Wildman–Crippen MR) is 86.3 cm³/mol. The molecule has 2 amide bonds. The summed E-state index contributed by atoms with van der Waals surface area (Å²) in [6.45, 7) is 3.22. The molecule has 1 N–H and O–H groups in total. The molecule has 1 atom stereocenters. The van der Waals surface area contributed by atoms with Gasteiger partial charge in [-0.3, -0.25) is 9.59 Å². The van der Waals surface area contributed by atoms with E-state index >= 15 is 0 Å². The molecule has 6 nitrogen and oxygen atoms in total. The minimum atomic E-state index is -0.148. The number of hydrogen-bond donors (Lipinski definition) is 1. The van der Waals surface area contributed by atoms with Gasteiger partial charge in [0.1, 0.15) is 6.26 Å². The Morgan fingerprint density at radius 2 is 2.08 bits per heavy atom. The summed E-state index contributed by atoms with van der Waals surface area (Å²) in [4.78, 5) is 27.3. The maximum absolute atomic E-state index is 12.8. The molecular formula is C18H24N2O4. The van der Waals surface area contributed by atoms with Crippen LogP contribution in [0.25, 0.3) is 0 Å². The third-order valence-corrected chi connectivity index (χ3v) is 5.77. The van der Waals surface area contributed by atoms with Gasteiger partial charge in [0, 0.05) is 38.3 Å². The largest absolute Gasteiger partial charge is 0.472 e. The van der Waals surface area contributed by atoms with Crippen molar-refractivity contribution in [2.45, 2.75) is 25.7 Å². The highest BCUT2D eigenvalue weighted by Gasteiger charge is 2.51. The van der Waals surface area contributed by atoms with Crippen molar-refractivity contribution in [1.82, 2.24) is 10.2 Å². The Kier molecular flexibility index (Phi) is 4.08.